The van der Waals surface area contributed by atoms with Gasteiger partial charge in [-0.05, 0) is 12.3 Å². The lowest BCUT2D eigenvalue weighted by molar-refractivity contribution is 0.116. The van der Waals surface area contributed by atoms with Gasteiger partial charge in [-0.2, -0.15) is 0 Å². The van der Waals surface area contributed by atoms with Crippen molar-refractivity contribution in [3.8, 4) is 0 Å². The SMILES string of the molecule is CC(C)CCOCCn1ccnc1C(N)=NO. The van der Waals surface area contributed by atoms with Gasteiger partial charge in [0.05, 0.1) is 6.61 Å². The van der Waals surface area contributed by atoms with Crippen molar-refractivity contribution in [2.24, 2.45) is 16.8 Å². The van der Waals surface area contributed by atoms with Crippen LogP contribution in [-0.4, -0.2) is 33.8 Å². The second kappa shape index (κ2) is 6.90. The number of ether oxygens (including phenoxy) is 1. The average Bonchev–Trinajstić information content (AvgIpc) is 2.75. The molecule has 0 spiro atoms. The van der Waals surface area contributed by atoms with Gasteiger partial charge in [-0.3, -0.25) is 0 Å². The third-order valence-electron chi connectivity index (χ3n) is 2.37. The molecule has 0 aliphatic heterocycles. The van der Waals surface area contributed by atoms with Gasteiger partial charge in [0.2, 0.25) is 5.84 Å². The fourth-order valence-corrected chi connectivity index (χ4v) is 1.35. The number of hydrogen-bond acceptors (Lipinski definition) is 4. The summed E-state index contributed by atoms with van der Waals surface area (Å²) in [6, 6.07) is 0. The zero-order chi connectivity index (χ0) is 12.7. The summed E-state index contributed by atoms with van der Waals surface area (Å²) in [6.07, 6.45) is 4.44. The lowest BCUT2D eigenvalue weighted by Crippen LogP contribution is -2.21. The Balaban J connectivity index is 2.35. The molecule has 96 valence electrons. The van der Waals surface area contributed by atoms with Crippen molar-refractivity contribution in [3.63, 3.8) is 0 Å². The molecule has 0 saturated carbocycles. The monoisotopic (exact) mass is 240 g/mol. The molecule has 0 bridgehead atoms. The maximum Gasteiger partial charge on any atom is 0.206 e. The average molecular weight is 240 g/mol. The number of nitrogens with zero attached hydrogens (tertiary/aromatic N) is 3. The minimum atomic E-state index is 0.0113. The smallest absolute Gasteiger partial charge is 0.206 e. The predicted octanol–water partition coefficient (Wildman–Crippen LogP) is 1.04. The summed E-state index contributed by atoms with van der Waals surface area (Å²) >= 11 is 0. The molecular formula is C11H20N4O2. The van der Waals surface area contributed by atoms with Crippen LogP contribution in [0.25, 0.3) is 0 Å². The molecule has 0 unspecified atom stereocenters. The van der Waals surface area contributed by atoms with E-state index in [-0.39, 0.29) is 5.84 Å². The highest BCUT2D eigenvalue weighted by Crippen LogP contribution is 2.00. The Morgan fingerprint density at radius 2 is 2.35 bits per heavy atom. The molecular weight excluding hydrogens is 220 g/mol. The van der Waals surface area contributed by atoms with E-state index in [2.05, 4.69) is 24.0 Å². The molecule has 1 aromatic heterocycles. The van der Waals surface area contributed by atoms with E-state index in [1.807, 2.05) is 0 Å². The van der Waals surface area contributed by atoms with Gasteiger partial charge in [0.25, 0.3) is 0 Å². The van der Waals surface area contributed by atoms with E-state index in [4.69, 9.17) is 15.7 Å². The summed E-state index contributed by atoms with van der Waals surface area (Å²) in [5.41, 5.74) is 5.49. The van der Waals surface area contributed by atoms with Crippen molar-refractivity contribution in [2.45, 2.75) is 26.8 Å². The molecule has 1 rings (SSSR count). The molecule has 6 nitrogen and oxygen atoms in total. The van der Waals surface area contributed by atoms with Gasteiger partial charge in [0.15, 0.2) is 5.82 Å². The van der Waals surface area contributed by atoms with Crippen LogP contribution in [0.3, 0.4) is 0 Å². The molecule has 0 aliphatic carbocycles. The Hall–Kier alpha value is -1.56. The first-order chi connectivity index (χ1) is 8.15. The molecule has 3 N–H and O–H groups in total. The molecule has 0 atom stereocenters. The van der Waals surface area contributed by atoms with Crippen LogP contribution in [0.15, 0.2) is 17.5 Å². The molecule has 1 heterocycles. The number of imidazole rings is 1. The standard InChI is InChI=1S/C11H20N4O2/c1-9(2)3-7-17-8-6-15-5-4-13-11(15)10(12)14-16/h4-5,9,16H,3,6-8H2,1-2H3,(H2,12,14). The summed E-state index contributed by atoms with van der Waals surface area (Å²) in [7, 11) is 0. The fourth-order valence-electron chi connectivity index (χ4n) is 1.35. The first kappa shape index (κ1) is 13.5. The Bertz CT molecular complexity index is 360. The van der Waals surface area contributed by atoms with Crippen LogP contribution >= 0.6 is 0 Å². The molecule has 1 aromatic rings. The Morgan fingerprint density at radius 3 is 3.00 bits per heavy atom. The predicted molar refractivity (Wildman–Crippen MR) is 65.0 cm³/mol. The second-order valence-corrected chi connectivity index (χ2v) is 4.22. The van der Waals surface area contributed by atoms with Gasteiger partial charge in [-0.25, -0.2) is 4.98 Å². The van der Waals surface area contributed by atoms with E-state index in [1.54, 1.807) is 17.0 Å². The van der Waals surface area contributed by atoms with E-state index >= 15 is 0 Å². The normalized spacial score (nSPS) is 12.3. The number of amidine groups is 1. The van der Waals surface area contributed by atoms with Gasteiger partial charge in [0.1, 0.15) is 0 Å². The van der Waals surface area contributed by atoms with E-state index in [9.17, 15) is 0 Å². The van der Waals surface area contributed by atoms with E-state index in [0.717, 1.165) is 13.0 Å². The van der Waals surface area contributed by atoms with Crippen LogP contribution in [0.4, 0.5) is 0 Å². The molecule has 17 heavy (non-hydrogen) atoms. The van der Waals surface area contributed by atoms with Crippen LogP contribution in [0.1, 0.15) is 26.1 Å². The molecule has 0 radical (unpaired) electrons. The van der Waals surface area contributed by atoms with Crippen LogP contribution in [0.5, 0.6) is 0 Å². The lowest BCUT2D eigenvalue weighted by atomic mass is 10.1. The van der Waals surface area contributed by atoms with Crippen molar-refractivity contribution in [1.29, 1.82) is 0 Å². The van der Waals surface area contributed by atoms with E-state index in [1.165, 1.54) is 0 Å². The first-order valence-corrected chi connectivity index (χ1v) is 5.72. The lowest BCUT2D eigenvalue weighted by Gasteiger charge is -2.08. The largest absolute Gasteiger partial charge is 0.409 e. The summed E-state index contributed by atoms with van der Waals surface area (Å²) in [4.78, 5) is 4.01. The van der Waals surface area contributed by atoms with Crippen molar-refractivity contribution >= 4 is 5.84 Å². The second-order valence-electron chi connectivity index (χ2n) is 4.22. The molecule has 0 amide bonds. The zero-order valence-electron chi connectivity index (χ0n) is 10.3. The maximum absolute atomic E-state index is 8.58. The molecule has 0 fully saturated rings. The zero-order valence-corrected chi connectivity index (χ0v) is 10.3. The Kier molecular flexibility index (Phi) is 5.48. The summed E-state index contributed by atoms with van der Waals surface area (Å²) < 4.78 is 7.29. The third kappa shape index (κ3) is 4.44. The summed E-state index contributed by atoms with van der Waals surface area (Å²) in [5.74, 6) is 1.12. The van der Waals surface area contributed by atoms with E-state index in [0.29, 0.717) is 24.9 Å². The van der Waals surface area contributed by atoms with Crippen LogP contribution in [0, 0.1) is 5.92 Å². The maximum atomic E-state index is 8.58. The van der Waals surface area contributed by atoms with Gasteiger partial charge >= 0.3 is 0 Å². The van der Waals surface area contributed by atoms with Crippen molar-refractivity contribution < 1.29 is 9.94 Å². The van der Waals surface area contributed by atoms with Crippen molar-refractivity contribution in [1.82, 2.24) is 9.55 Å². The highest BCUT2D eigenvalue weighted by Gasteiger charge is 2.07. The minimum Gasteiger partial charge on any atom is -0.409 e. The van der Waals surface area contributed by atoms with Crippen molar-refractivity contribution in [2.75, 3.05) is 13.2 Å². The third-order valence-corrected chi connectivity index (χ3v) is 2.37. The van der Waals surface area contributed by atoms with Crippen LogP contribution < -0.4 is 5.73 Å². The van der Waals surface area contributed by atoms with Crippen molar-refractivity contribution in [3.05, 3.63) is 18.2 Å². The minimum absolute atomic E-state index is 0.0113. The fraction of sp³-hybridized carbons (Fsp3) is 0.636. The topological polar surface area (TPSA) is 85.7 Å². The summed E-state index contributed by atoms with van der Waals surface area (Å²) in [5, 5.41) is 11.5. The van der Waals surface area contributed by atoms with Gasteiger partial charge < -0.3 is 20.2 Å². The number of rotatable bonds is 7. The van der Waals surface area contributed by atoms with E-state index < -0.39 is 0 Å². The Morgan fingerprint density at radius 1 is 1.59 bits per heavy atom. The summed E-state index contributed by atoms with van der Waals surface area (Å²) in [6.45, 7) is 6.31. The van der Waals surface area contributed by atoms with Crippen LogP contribution in [-0.2, 0) is 11.3 Å². The first-order valence-electron chi connectivity index (χ1n) is 5.72. The van der Waals surface area contributed by atoms with Gasteiger partial charge in [0, 0.05) is 25.5 Å². The number of hydrogen-bond donors (Lipinski definition) is 2. The molecule has 0 saturated heterocycles. The number of oxime groups is 1. The highest BCUT2D eigenvalue weighted by atomic mass is 16.5. The quantitative estimate of drug-likeness (QED) is 0.245. The molecule has 6 heteroatoms. The van der Waals surface area contributed by atoms with Gasteiger partial charge in [-0.1, -0.05) is 19.0 Å². The number of nitrogens with two attached hydrogens (primary N) is 1. The molecule has 0 aliphatic rings. The number of aromatic nitrogens is 2. The molecule has 0 aromatic carbocycles. The van der Waals surface area contributed by atoms with Crippen LogP contribution in [0.2, 0.25) is 0 Å². The van der Waals surface area contributed by atoms with Gasteiger partial charge in [-0.15, -0.1) is 0 Å². The highest BCUT2D eigenvalue weighted by molar-refractivity contribution is 5.93. The Labute approximate surface area is 101 Å².